The van der Waals surface area contributed by atoms with Gasteiger partial charge < -0.3 is 0 Å². The smallest absolute Gasteiger partial charge is 0.0886 e. The molecule has 0 saturated heterocycles. The van der Waals surface area contributed by atoms with Gasteiger partial charge in [0.2, 0.25) is 0 Å². The van der Waals surface area contributed by atoms with Crippen molar-refractivity contribution >= 4 is 53.9 Å². The minimum absolute atomic E-state index is 0.875. The number of aromatic nitrogens is 2. The van der Waals surface area contributed by atoms with E-state index in [1.54, 1.807) is 6.20 Å². The van der Waals surface area contributed by atoms with Gasteiger partial charge in [0.05, 0.1) is 11.4 Å². The lowest BCUT2D eigenvalue weighted by Gasteiger charge is -2.16. The van der Waals surface area contributed by atoms with Crippen molar-refractivity contribution < 1.29 is 0 Å². The predicted octanol–water partition coefficient (Wildman–Crippen LogP) is 14.9. The van der Waals surface area contributed by atoms with E-state index in [0.717, 1.165) is 22.5 Å². The lowest BCUT2D eigenvalue weighted by atomic mass is 9.88. The predicted molar refractivity (Wildman–Crippen MR) is 241 cm³/mol. The average molecular weight is 725 g/mol. The highest BCUT2D eigenvalue weighted by molar-refractivity contribution is 6.21. The van der Waals surface area contributed by atoms with Gasteiger partial charge in [0, 0.05) is 18.0 Å². The molecule has 9 aromatic carbocycles. The zero-order valence-corrected chi connectivity index (χ0v) is 31.4. The van der Waals surface area contributed by atoms with Gasteiger partial charge in [-0.1, -0.05) is 152 Å². The highest BCUT2D eigenvalue weighted by Crippen LogP contribution is 2.42. The summed E-state index contributed by atoms with van der Waals surface area (Å²) in [6.07, 6.45) is 3.72. The zero-order chi connectivity index (χ0) is 37.9. The number of hydrogen-bond donors (Lipinski definition) is 0. The second-order valence-electron chi connectivity index (χ2n) is 15.0. The van der Waals surface area contributed by atoms with Gasteiger partial charge in [-0.2, -0.15) is 0 Å². The van der Waals surface area contributed by atoms with Crippen molar-refractivity contribution in [2.45, 2.75) is 6.92 Å². The Bertz CT molecular complexity index is 3330. The molecule has 2 aromatic heterocycles. The Balaban J connectivity index is 0.918. The van der Waals surface area contributed by atoms with Crippen LogP contribution in [0.2, 0.25) is 0 Å². The van der Waals surface area contributed by atoms with Crippen molar-refractivity contribution in [3.05, 3.63) is 206 Å². The number of fused-ring (bicyclic) bond motifs is 7. The Kier molecular flexibility index (Phi) is 7.75. The highest BCUT2D eigenvalue weighted by atomic mass is 14.8. The van der Waals surface area contributed by atoms with E-state index in [2.05, 4.69) is 181 Å². The first-order chi connectivity index (χ1) is 28.1. The first kappa shape index (κ1) is 33.0. The largest absolute Gasteiger partial charge is 0.255 e. The second-order valence-corrected chi connectivity index (χ2v) is 15.0. The van der Waals surface area contributed by atoms with Crippen LogP contribution < -0.4 is 0 Å². The van der Waals surface area contributed by atoms with Crippen molar-refractivity contribution in [2.24, 2.45) is 0 Å². The molecule has 0 aliphatic carbocycles. The third-order valence-electron chi connectivity index (χ3n) is 11.7. The lowest BCUT2D eigenvalue weighted by Crippen LogP contribution is -1.89. The summed E-state index contributed by atoms with van der Waals surface area (Å²) < 4.78 is 0. The molecule has 0 aliphatic rings. The van der Waals surface area contributed by atoms with Gasteiger partial charge in [0.15, 0.2) is 0 Å². The molecule has 0 aliphatic heterocycles. The molecule has 11 aromatic rings. The Hall–Kier alpha value is -7.42. The fourth-order valence-electron chi connectivity index (χ4n) is 8.77. The fraction of sp³-hybridized carbons (Fsp3) is 0.0182. The maximum atomic E-state index is 4.67. The molecule has 2 nitrogen and oxygen atoms in total. The molecule has 0 N–H and O–H groups in total. The van der Waals surface area contributed by atoms with Crippen molar-refractivity contribution in [3.63, 3.8) is 0 Å². The summed E-state index contributed by atoms with van der Waals surface area (Å²) in [5, 5.41) is 12.7. The second kappa shape index (κ2) is 13.4. The minimum Gasteiger partial charge on any atom is -0.255 e. The van der Waals surface area contributed by atoms with Gasteiger partial charge in [0.1, 0.15) is 0 Å². The van der Waals surface area contributed by atoms with Crippen LogP contribution in [0.25, 0.3) is 110 Å². The topological polar surface area (TPSA) is 25.8 Å². The van der Waals surface area contributed by atoms with E-state index in [1.807, 2.05) is 30.5 Å². The van der Waals surface area contributed by atoms with Gasteiger partial charge in [-0.05, 0) is 142 Å². The van der Waals surface area contributed by atoms with Crippen molar-refractivity contribution in [1.82, 2.24) is 9.97 Å². The summed E-state index contributed by atoms with van der Waals surface area (Å²) in [7, 11) is 0. The standard InChI is InChI=1S/C55H36N2/c1-35-7-4-8-38-18-19-40-10-6-12-50(55(40)53(35)38)49-11-5-9-39-20-25-46-33-45(26-28-48(46)54(39)49)44-24-23-42-31-41(21-22-43(42)32-44)36-14-16-37(17-15-36)47-27-29-52(57-34-47)51-13-2-3-30-56-51/h2-34H,1H3. The summed E-state index contributed by atoms with van der Waals surface area (Å²) >= 11 is 0. The fourth-order valence-corrected chi connectivity index (χ4v) is 8.77. The highest BCUT2D eigenvalue weighted by Gasteiger charge is 2.15. The van der Waals surface area contributed by atoms with Crippen LogP contribution in [0.15, 0.2) is 200 Å². The molecule has 0 radical (unpaired) electrons. The summed E-state index contributed by atoms with van der Waals surface area (Å²) in [5.74, 6) is 0. The maximum absolute atomic E-state index is 4.67. The summed E-state index contributed by atoms with van der Waals surface area (Å²) in [6.45, 7) is 2.23. The van der Waals surface area contributed by atoms with E-state index in [4.69, 9.17) is 0 Å². The third kappa shape index (κ3) is 5.73. The molecule has 57 heavy (non-hydrogen) atoms. The molecule has 0 bridgehead atoms. The van der Waals surface area contributed by atoms with E-state index < -0.39 is 0 Å². The maximum Gasteiger partial charge on any atom is 0.0886 e. The normalized spacial score (nSPS) is 11.6. The van der Waals surface area contributed by atoms with Gasteiger partial charge in [0.25, 0.3) is 0 Å². The molecule has 0 unspecified atom stereocenters. The number of benzene rings is 9. The number of rotatable bonds is 5. The van der Waals surface area contributed by atoms with Gasteiger partial charge >= 0.3 is 0 Å². The van der Waals surface area contributed by atoms with Crippen LogP contribution in [0.4, 0.5) is 0 Å². The van der Waals surface area contributed by atoms with Crippen LogP contribution in [0.1, 0.15) is 5.56 Å². The number of hydrogen-bond acceptors (Lipinski definition) is 2. The molecule has 0 saturated carbocycles. The van der Waals surface area contributed by atoms with Crippen molar-refractivity contribution in [1.29, 1.82) is 0 Å². The monoisotopic (exact) mass is 724 g/mol. The summed E-state index contributed by atoms with van der Waals surface area (Å²) in [5.41, 5.74) is 12.7. The van der Waals surface area contributed by atoms with Crippen LogP contribution in [-0.4, -0.2) is 9.97 Å². The molecule has 2 heteroatoms. The van der Waals surface area contributed by atoms with Crippen LogP contribution in [0.5, 0.6) is 0 Å². The Labute approximate surface area is 331 Å². The van der Waals surface area contributed by atoms with E-state index in [0.29, 0.717) is 0 Å². The molecule has 0 atom stereocenters. The molecule has 0 fully saturated rings. The first-order valence-electron chi connectivity index (χ1n) is 19.5. The van der Waals surface area contributed by atoms with Crippen LogP contribution in [-0.2, 0) is 0 Å². The van der Waals surface area contributed by atoms with Crippen molar-refractivity contribution in [3.8, 4) is 55.9 Å². The molecule has 2 heterocycles. The molecular weight excluding hydrogens is 689 g/mol. The van der Waals surface area contributed by atoms with E-state index in [1.165, 1.54) is 92.8 Å². The molecule has 0 spiro atoms. The van der Waals surface area contributed by atoms with Crippen LogP contribution >= 0.6 is 0 Å². The Morgan fingerprint density at radius 3 is 1.49 bits per heavy atom. The average Bonchev–Trinajstić information content (AvgIpc) is 3.28. The number of nitrogens with zero attached hydrogens (tertiary/aromatic N) is 2. The van der Waals surface area contributed by atoms with Crippen molar-refractivity contribution in [2.75, 3.05) is 0 Å². The van der Waals surface area contributed by atoms with E-state index >= 15 is 0 Å². The number of pyridine rings is 2. The minimum atomic E-state index is 0.875. The first-order valence-corrected chi connectivity index (χ1v) is 19.5. The molecule has 266 valence electrons. The quantitative estimate of drug-likeness (QED) is 0.165. The molecule has 11 rings (SSSR count). The van der Waals surface area contributed by atoms with Crippen LogP contribution in [0.3, 0.4) is 0 Å². The van der Waals surface area contributed by atoms with E-state index in [-0.39, 0.29) is 0 Å². The van der Waals surface area contributed by atoms with Gasteiger partial charge in [-0.15, -0.1) is 0 Å². The Morgan fingerprint density at radius 1 is 0.316 bits per heavy atom. The summed E-state index contributed by atoms with van der Waals surface area (Å²) in [4.78, 5) is 9.09. The third-order valence-corrected chi connectivity index (χ3v) is 11.7. The zero-order valence-electron chi connectivity index (χ0n) is 31.4. The summed E-state index contributed by atoms with van der Waals surface area (Å²) in [6, 6.07) is 68.6. The molecule has 0 amide bonds. The number of aryl methyl sites for hydroxylation is 1. The van der Waals surface area contributed by atoms with E-state index in [9.17, 15) is 0 Å². The lowest BCUT2D eigenvalue weighted by molar-refractivity contribution is 1.25. The van der Waals surface area contributed by atoms with Crippen LogP contribution in [0, 0.1) is 6.92 Å². The van der Waals surface area contributed by atoms with Gasteiger partial charge in [-0.3, -0.25) is 9.97 Å². The SMILES string of the molecule is Cc1cccc2ccc3cccc(-c4cccc5ccc6cc(-c7ccc8cc(-c9ccc(-c%10ccc(-c%11ccccn%11)nc%10)cc9)ccc8c7)ccc6c45)c3c12. The molecular formula is C55H36N2. The Morgan fingerprint density at radius 2 is 0.825 bits per heavy atom. The van der Waals surface area contributed by atoms with Gasteiger partial charge in [-0.25, -0.2) is 0 Å².